The van der Waals surface area contributed by atoms with E-state index in [-0.39, 0.29) is 22.9 Å². The Morgan fingerprint density at radius 3 is 2.77 bits per heavy atom. The number of nitrogens with zero attached hydrogens (tertiary/aromatic N) is 2. The van der Waals surface area contributed by atoms with Gasteiger partial charge in [-0.05, 0) is 41.8 Å². The van der Waals surface area contributed by atoms with Crippen molar-refractivity contribution in [3.8, 4) is 16.9 Å². The summed E-state index contributed by atoms with van der Waals surface area (Å²) in [5.41, 5.74) is 8.58. The molecule has 1 saturated heterocycles. The van der Waals surface area contributed by atoms with Crippen molar-refractivity contribution in [2.75, 3.05) is 18.9 Å². The summed E-state index contributed by atoms with van der Waals surface area (Å²) in [5.74, 6) is 0.785. The Morgan fingerprint density at radius 2 is 2.08 bits per heavy atom. The fourth-order valence-electron chi connectivity index (χ4n) is 3.33. The number of carbonyl (C=O) groups excluding carboxylic acids is 1. The van der Waals surface area contributed by atoms with Crippen molar-refractivity contribution in [2.24, 2.45) is 5.73 Å². The molecule has 2 aromatic carbocycles. The minimum Gasteiger partial charge on any atom is -0.496 e. The molecule has 1 amide bonds. The zero-order valence-corrected chi connectivity index (χ0v) is 14.6. The lowest BCUT2D eigenvalue weighted by Gasteiger charge is -2.24. The average Bonchev–Trinajstić information content (AvgIpc) is 3.01. The smallest absolute Gasteiger partial charge is 0.223 e. The molecule has 2 aromatic rings. The molecule has 1 aliphatic rings. The molecule has 7 heteroatoms. The minimum absolute atomic E-state index is 0.0775. The Morgan fingerprint density at radius 1 is 1.27 bits per heavy atom. The number of likely N-dealkylation sites (tertiary alicyclic amines) is 1. The van der Waals surface area contributed by atoms with Crippen LogP contribution in [0.1, 0.15) is 18.4 Å². The predicted octanol–water partition coefficient (Wildman–Crippen LogP) is 2.40. The van der Waals surface area contributed by atoms with E-state index in [0.29, 0.717) is 25.3 Å². The number of ether oxygens (including phenoxy) is 1. The van der Waals surface area contributed by atoms with Gasteiger partial charge in [-0.3, -0.25) is 15.2 Å². The average molecular weight is 357 g/mol. The molecule has 0 aliphatic carbocycles. The number of nitrogens with two attached hydrogens (primary N) is 1. The Hall–Kier alpha value is -2.61. The number of benzene rings is 2. The third kappa shape index (κ3) is 3.65. The summed E-state index contributed by atoms with van der Waals surface area (Å²) < 4.78 is 5.45. The van der Waals surface area contributed by atoms with Crippen LogP contribution in [0.2, 0.25) is 0 Å². The number of rotatable bonds is 6. The quantitative estimate of drug-likeness (QED) is 0.687. The fourth-order valence-corrected chi connectivity index (χ4v) is 3.33. The van der Waals surface area contributed by atoms with E-state index in [2.05, 4.69) is 0 Å². The van der Waals surface area contributed by atoms with Crippen LogP contribution in [0.25, 0.3) is 11.1 Å². The molecule has 26 heavy (non-hydrogen) atoms. The Kier molecular flexibility index (Phi) is 5.41. The standard InChI is InChI=1S/C19H23N3O4/c1-26-18-7-5-13(12-21-16(11-20)6-8-19(21)23)9-17(18)14-3-2-4-15(10-14)22(24)25/h2-5,7,9-10,16,24-25H,6,8,11-12,20H2,1H3. The molecule has 1 fully saturated rings. The molecule has 0 spiro atoms. The zero-order chi connectivity index (χ0) is 18.7. The first-order chi connectivity index (χ1) is 12.5. The van der Waals surface area contributed by atoms with Crippen molar-refractivity contribution in [1.82, 2.24) is 4.90 Å². The molecule has 1 unspecified atom stereocenters. The van der Waals surface area contributed by atoms with E-state index in [1.807, 2.05) is 29.2 Å². The fraction of sp³-hybridized carbons (Fsp3) is 0.316. The Balaban J connectivity index is 1.94. The van der Waals surface area contributed by atoms with Crippen LogP contribution in [0.4, 0.5) is 5.69 Å². The van der Waals surface area contributed by atoms with Gasteiger partial charge in [-0.1, -0.05) is 18.2 Å². The van der Waals surface area contributed by atoms with Gasteiger partial charge in [0, 0.05) is 31.1 Å². The number of anilines is 1. The van der Waals surface area contributed by atoms with Crippen molar-refractivity contribution in [3.05, 3.63) is 48.0 Å². The van der Waals surface area contributed by atoms with Crippen LogP contribution in [-0.2, 0) is 11.3 Å². The number of methoxy groups -OCH3 is 1. The minimum atomic E-state index is 0.0775. The third-order valence-corrected chi connectivity index (χ3v) is 4.73. The first kappa shape index (κ1) is 18.2. The zero-order valence-electron chi connectivity index (χ0n) is 14.6. The molecule has 0 bridgehead atoms. The van der Waals surface area contributed by atoms with Crippen molar-refractivity contribution in [2.45, 2.75) is 25.4 Å². The monoisotopic (exact) mass is 357 g/mol. The van der Waals surface area contributed by atoms with Gasteiger partial charge in [0.05, 0.1) is 12.8 Å². The van der Waals surface area contributed by atoms with Gasteiger partial charge < -0.3 is 15.4 Å². The van der Waals surface area contributed by atoms with Gasteiger partial charge >= 0.3 is 0 Å². The molecule has 7 nitrogen and oxygen atoms in total. The lowest BCUT2D eigenvalue weighted by Crippen LogP contribution is -2.37. The van der Waals surface area contributed by atoms with Crippen LogP contribution in [0, 0.1) is 0 Å². The van der Waals surface area contributed by atoms with Crippen LogP contribution in [0.3, 0.4) is 0 Å². The molecule has 0 aromatic heterocycles. The SMILES string of the molecule is COc1ccc(CN2C(=O)CCC2CN)cc1-c1cccc(N(O)O)c1. The molecule has 1 aliphatic heterocycles. The highest BCUT2D eigenvalue weighted by molar-refractivity contribution is 5.79. The normalized spacial score (nSPS) is 16.8. The van der Waals surface area contributed by atoms with Gasteiger partial charge in [-0.15, -0.1) is 5.23 Å². The molecule has 0 radical (unpaired) electrons. The molecule has 138 valence electrons. The predicted molar refractivity (Wildman–Crippen MR) is 97.1 cm³/mol. The highest BCUT2D eigenvalue weighted by Crippen LogP contribution is 2.33. The van der Waals surface area contributed by atoms with Crippen molar-refractivity contribution >= 4 is 11.6 Å². The molecule has 1 heterocycles. The molecular weight excluding hydrogens is 334 g/mol. The Labute approximate surface area is 152 Å². The lowest BCUT2D eigenvalue weighted by molar-refractivity contribution is -0.129. The largest absolute Gasteiger partial charge is 0.496 e. The number of carbonyl (C=O) groups is 1. The van der Waals surface area contributed by atoms with Gasteiger partial charge in [0.25, 0.3) is 0 Å². The number of hydrogen-bond acceptors (Lipinski definition) is 6. The summed E-state index contributed by atoms with van der Waals surface area (Å²) in [6.45, 7) is 0.948. The van der Waals surface area contributed by atoms with E-state index in [1.165, 1.54) is 0 Å². The molecule has 1 atom stereocenters. The molecular formula is C19H23N3O4. The van der Waals surface area contributed by atoms with Gasteiger partial charge in [0.1, 0.15) is 5.75 Å². The van der Waals surface area contributed by atoms with Crippen LogP contribution < -0.4 is 15.7 Å². The molecule has 3 rings (SSSR count). The second-order valence-corrected chi connectivity index (χ2v) is 6.32. The van der Waals surface area contributed by atoms with Crippen LogP contribution in [0.15, 0.2) is 42.5 Å². The first-order valence-corrected chi connectivity index (χ1v) is 8.48. The van der Waals surface area contributed by atoms with Gasteiger partial charge in [-0.25, -0.2) is 0 Å². The molecule has 0 saturated carbocycles. The summed E-state index contributed by atoms with van der Waals surface area (Å²) in [4.78, 5) is 14.0. The van der Waals surface area contributed by atoms with Crippen molar-refractivity contribution in [1.29, 1.82) is 0 Å². The second-order valence-electron chi connectivity index (χ2n) is 6.32. The maximum absolute atomic E-state index is 12.1. The second kappa shape index (κ2) is 7.74. The van der Waals surface area contributed by atoms with E-state index in [9.17, 15) is 15.2 Å². The topological polar surface area (TPSA) is 99.3 Å². The van der Waals surface area contributed by atoms with Gasteiger partial charge in [0.15, 0.2) is 0 Å². The van der Waals surface area contributed by atoms with E-state index in [1.54, 1.807) is 25.3 Å². The summed E-state index contributed by atoms with van der Waals surface area (Å²) in [6.07, 6.45) is 1.33. The maximum atomic E-state index is 12.1. The number of amides is 1. The van der Waals surface area contributed by atoms with E-state index in [0.717, 1.165) is 23.1 Å². The Bertz CT molecular complexity index is 794. The van der Waals surface area contributed by atoms with Crippen LogP contribution in [0.5, 0.6) is 5.75 Å². The van der Waals surface area contributed by atoms with E-state index < -0.39 is 0 Å². The van der Waals surface area contributed by atoms with E-state index >= 15 is 0 Å². The number of hydrogen-bond donors (Lipinski definition) is 3. The van der Waals surface area contributed by atoms with Crippen LogP contribution >= 0.6 is 0 Å². The third-order valence-electron chi connectivity index (χ3n) is 4.73. The van der Waals surface area contributed by atoms with Crippen molar-refractivity contribution in [3.63, 3.8) is 0 Å². The highest BCUT2D eigenvalue weighted by atomic mass is 16.8. The van der Waals surface area contributed by atoms with Gasteiger partial charge in [-0.2, -0.15) is 0 Å². The van der Waals surface area contributed by atoms with Gasteiger partial charge in [0.2, 0.25) is 5.91 Å². The summed E-state index contributed by atoms with van der Waals surface area (Å²) >= 11 is 0. The molecule has 4 N–H and O–H groups in total. The van der Waals surface area contributed by atoms with E-state index in [4.69, 9.17) is 10.5 Å². The van der Waals surface area contributed by atoms with Crippen LogP contribution in [-0.4, -0.2) is 40.9 Å². The summed E-state index contributed by atoms with van der Waals surface area (Å²) in [7, 11) is 1.58. The summed E-state index contributed by atoms with van der Waals surface area (Å²) in [5, 5.41) is 18.6. The lowest BCUT2D eigenvalue weighted by atomic mass is 10.0. The summed E-state index contributed by atoms with van der Waals surface area (Å²) in [6, 6.07) is 12.6. The first-order valence-electron chi connectivity index (χ1n) is 8.48. The highest BCUT2D eigenvalue weighted by Gasteiger charge is 2.29. The van der Waals surface area contributed by atoms with Crippen molar-refractivity contribution < 1.29 is 19.9 Å². The maximum Gasteiger partial charge on any atom is 0.223 e.